The Labute approximate surface area is 115 Å². The number of ether oxygens (including phenoxy) is 1. The second kappa shape index (κ2) is 5.95. The molecule has 1 atom stereocenters. The third kappa shape index (κ3) is 4.81. The van der Waals surface area contributed by atoms with Gasteiger partial charge in [-0.25, -0.2) is 4.79 Å². The number of rotatable bonds is 3. The van der Waals surface area contributed by atoms with Crippen LogP contribution in [0.4, 0.5) is 4.79 Å². The number of aromatic hydroxyl groups is 1. The van der Waals surface area contributed by atoms with E-state index in [-0.39, 0.29) is 17.9 Å². The van der Waals surface area contributed by atoms with Crippen LogP contribution in [0.15, 0.2) is 24.3 Å². The van der Waals surface area contributed by atoms with E-state index in [4.69, 9.17) is 4.74 Å². The smallest absolute Gasteiger partial charge is 0.410 e. The number of carbonyl (C=O) groups is 1. The summed E-state index contributed by atoms with van der Waals surface area (Å²) in [6, 6.07) is 7.10. The number of phenols is 1. The second-order valence-electron chi connectivity index (χ2n) is 5.77. The number of hydrogen-bond donors (Lipinski definition) is 1. The number of nitrogens with zero attached hydrogens (tertiary/aromatic N) is 1. The molecule has 0 spiro atoms. The molecule has 1 rings (SSSR count). The molecule has 0 fully saturated rings. The highest BCUT2D eigenvalue weighted by Gasteiger charge is 2.23. The zero-order valence-electron chi connectivity index (χ0n) is 12.3. The number of carbonyl (C=O) groups excluding carboxylic acids is 1. The van der Waals surface area contributed by atoms with Crippen molar-refractivity contribution in [3.63, 3.8) is 0 Å². The highest BCUT2D eigenvalue weighted by Crippen LogP contribution is 2.19. The summed E-state index contributed by atoms with van der Waals surface area (Å²) < 4.78 is 5.31. The van der Waals surface area contributed by atoms with Crippen LogP contribution in [0.1, 0.15) is 33.3 Å². The summed E-state index contributed by atoms with van der Waals surface area (Å²) in [5.41, 5.74) is 0.324. The average Bonchev–Trinajstić information content (AvgIpc) is 2.28. The molecule has 1 aromatic rings. The van der Waals surface area contributed by atoms with E-state index >= 15 is 0 Å². The van der Waals surface area contributed by atoms with Crippen molar-refractivity contribution in [1.82, 2.24) is 4.90 Å². The third-order valence-corrected chi connectivity index (χ3v) is 2.85. The van der Waals surface area contributed by atoms with Gasteiger partial charge in [-0.2, -0.15) is 0 Å². The fourth-order valence-electron chi connectivity index (χ4n) is 1.65. The van der Waals surface area contributed by atoms with Gasteiger partial charge in [-0.15, -0.1) is 0 Å². The van der Waals surface area contributed by atoms with Crippen molar-refractivity contribution in [1.29, 1.82) is 0 Å². The molecule has 1 unspecified atom stereocenters. The molecule has 4 heteroatoms. The maximum absolute atomic E-state index is 11.9. The summed E-state index contributed by atoms with van der Waals surface area (Å²) in [5.74, 6) is 0.256. The molecule has 4 nitrogen and oxygen atoms in total. The van der Waals surface area contributed by atoms with E-state index in [9.17, 15) is 9.90 Å². The van der Waals surface area contributed by atoms with E-state index < -0.39 is 5.60 Å². The van der Waals surface area contributed by atoms with Crippen molar-refractivity contribution in [2.45, 2.75) is 45.8 Å². The van der Waals surface area contributed by atoms with Crippen LogP contribution >= 0.6 is 0 Å². The van der Waals surface area contributed by atoms with Crippen LogP contribution in [0, 0.1) is 0 Å². The van der Waals surface area contributed by atoms with Crippen molar-refractivity contribution < 1.29 is 14.6 Å². The fraction of sp³-hybridized carbons (Fsp3) is 0.533. The molecule has 1 N–H and O–H groups in total. The highest BCUT2D eigenvalue weighted by atomic mass is 16.6. The Bertz CT molecular complexity index is 437. The molecule has 106 valence electrons. The van der Waals surface area contributed by atoms with Gasteiger partial charge in [-0.1, -0.05) is 18.2 Å². The van der Waals surface area contributed by atoms with Crippen LogP contribution in [0.2, 0.25) is 0 Å². The van der Waals surface area contributed by atoms with Crippen LogP contribution in [-0.4, -0.2) is 34.8 Å². The lowest BCUT2D eigenvalue weighted by Gasteiger charge is -2.28. The van der Waals surface area contributed by atoms with Crippen LogP contribution in [0.3, 0.4) is 0 Å². The molecular formula is C15H23NO3. The van der Waals surface area contributed by atoms with Gasteiger partial charge in [0, 0.05) is 13.1 Å². The Morgan fingerprint density at radius 1 is 1.37 bits per heavy atom. The quantitative estimate of drug-likeness (QED) is 0.913. The predicted octanol–water partition coefficient (Wildman–Crippen LogP) is 3.19. The van der Waals surface area contributed by atoms with Crippen molar-refractivity contribution in [3.8, 4) is 5.75 Å². The summed E-state index contributed by atoms with van der Waals surface area (Å²) in [5, 5.41) is 9.73. The van der Waals surface area contributed by atoms with E-state index in [1.807, 2.05) is 39.8 Å². The lowest BCUT2D eigenvalue weighted by molar-refractivity contribution is 0.0235. The first-order chi connectivity index (χ1) is 8.70. The lowest BCUT2D eigenvalue weighted by atomic mass is 10.1. The van der Waals surface area contributed by atoms with Crippen LogP contribution in [0.25, 0.3) is 0 Å². The molecule has 1 aromatic carbocycles. The number of para-hydroxylation sites is 1. The molecule has 0 radical (unpaired) electrons. The number of hydrogen-bond acceptors (Lipinski definition) is 3. The summed E-state index contributed by atoms with van der Waals surface area (Å²) in [4.78, 5) is 13.5. The van der Waals surface area contributed by atoms with E-state index in [1.165, 1.54) is 0 Å². The van der Waals surface area contributed by atoms with Gasteiger partial charge in [0.25, 0.3) is 0 Å². The van der Waals surface area contributed by atoms with Crippen LogP contribution in [-0.2, 0) is 11.2 Å². The largest absolute Gasteiger partial charge is 0.508 e. The van der Waals surface area contributed by atoms with Crippen molar-refractivity contribution in [2.24, 2.45) is 0 Å². The van der Waals surface area contributed by atoms with Gasteiger partial charge >= 0.3 is 6.09 Å². The normalized spacial score (nSPS) is 12.9. The van der Waals surface area contributed by atoms with Gasteiger partial charge in [-0.05, 0) is 45.7 Å². The number of benzene rings is 1. The van der Waals surface area contributed by atoms with E-state index in [0.29, 0.717) is 6.42 Å². The summed E-state index contributed by atoms with van der Waals surface area (Å²) >= 11 is 0. The fourth-order valence-corrected chi connectivity index (χ4v) is 1.65. The van der Waals surface area contributed by atoms with Gasteiger partial charge in [0.15, 0.2) is 0 Å². The van der Waals surface area contributed by atoms with E-state index in [1.54, 1.807) is 24.1 Å². The Kier molecular flexibility index (Phi) is 4.81. The third-order valence-electron chi connectivity index (χ3n) is 2.85. The Hall–Kier alpha value is -1.71. The molecule has 19 heavy (non-hydrogen) atoms. The summed E-state index contributed by atoms with van der Waals surface area (Å²) in [6.07, 6.45) is 0.234. The zero-order valence-corrected chi connectivity index (χ0v) is 12.3. The second-order valence-corrected chi connectivity index (χ2v) is 5.77. The molecule has 0 aliphatic rings. The molecule has 0 aromatic heterocycles. The zero-order chi connectivity index (χ0) is 14.6. The first-order valence-corrected chi connectivity index (χ1v) is 6.43. The SMILES string of the molecule is CC(Cc1ccccc1O)N(C)C(=O)OC(C)(C)C. The molecule has 0 saturated heterocycles. The first kappa shape index (κ1) is 15.3. The maximum atomic E-state index is 11.9. The number of amides is 1. The highest BCUT2D eigenvalue weighted by molar-refractivity contribution is 5.68. The molecular weight excluding hydrogens is 242 g/mol. The van der Waals surface area contributed by atoms with Crippen molar-refractivity contribution in [2.75, 3.05) is 7.05 Å². The minimum atomic E-state index is -0.500. The standard InChI is InChI=1S/C15H23NO3/c1-11(10-12-8-6-7-9-13(12)17)16(5)14(18)19-15(2,3)4/h6-9,11,17H,10H2,1-5H3. The molecule has 0 saturated carbocycles. The Morgan fingerprint density at radius 2 is 1.95 bits per heavy atom. The lowest BCUT2D eigenvalue weighted by Crippen LogP contribution is -2.40. The Morgan fingerprint density at radius 3 is 2.47 bits per heavy atom. The Balaban J connectivity index is 2.65. The van der Waals surface area contributed by atoms with Crippen molar-refractivity contribution in [3.05, 3.63) is 29.8 Å². The van der Waals surface area contributed by atoms with Crippen molar-refractivity contribution >= 4 is 6.09 Å². The minimum Gasteiger partial charge on any atom is -0.508 e. The average molecular weight is 265 g/mol. The minimum absolute atomic E-state index is 0.0526. The van der Waals surface area contributed by atoms with Gasteiger partial charge in [0.1, 0.15) is 11.4 Å². The van der Waals surface area contributed by atoms with Gasteiger partial charge in [0.2, 0.25) is 0 Å². The summed E-state index contributed by atoms with van der Waals surface area (Å²) in [7, 11) is 1.71. The van der Waals surface area contributed by atoms with Crippen LogP contribution < -0.4 is 0 Å². The molecule has 1 amide bonds. The topological polar surface area (TPSA) is 49.8 Å². The molecule has 0 bridgehead atoms. The predicted molar refractivity (Wildman–Crippen MR) is 75.3 cm³/mol. The van der Waals surface area contributed by atoms with E-state index in [0.717, 1.165) is 5.56 Å². The summed E-state index contributed by atoms with van der Waals surface area (Å²) in [6.45, 7) is 7.45. The maximum Gasteiger partial charge on any atom is 0.410 e. The van der Waals surface area contributed by atoms with Gasteiger partial charge in [-0.3, -0.25) is 0 Å². The van der Waals surface area contributed by atoms with Gasteiger partial charge < -0.3 is 14.7 Å². The molecule has 0 heterocycles. The number of phenolic OH excluding ortho intramolecular Hbond substituents is 1. The monoisotopic (exact) mass is 265 g/mol. The molecule has 0 aliphatic carbocycles. The first-order valence-electron chi connectivity index (χ1n) is 6.43. The molecule has 0 aliphatic heterocycles. The number of likely N-dealkylation sites (N-methyl/N-ethyl adjacent to an activating group) is 1. The van der Waals surface area contributed by atoms with Gasteiger partial charge in [0.05, 0.1) is 0 Å². The van der Waals surface area contributed by atoms with Crippen LogP contribution in [0.5, 0.6) is 5.75 Å². The van der Waals surface area contributed by atoms with E-state index in [2.05, 4.69) is 0 Å².